The van der Waals surface area contributed by atoms with E-state index in [9.17, 15) is 9.59 Å². The molecule has 1 aliphatic rings. The van der Waals surface area contributed by atoms with Crippen LogP contribution in [0.1, 0.15) is 19.8 Å². The van der Waals surface area contributed by atoms with Crippen LogP contribution in [0.2, 0.25) is 0 Å². The number of hydrogen-bond donors (Lipinski definition) is 0. The van der Waals surface area contributed by atoms with E-state index in [0.717, 1.165) is 17.7 Å². The maximum atomic E-state index is 11.5. The summed E-state index contributed by atoms with van der Waals surface area (Å²) in [6, 6.07) is 7.01. The van der Waals surface area contributed by atoms with Gasteiger partial charge in [0, 0.05) is 18.2 Å². The Kier molecular flexibility index (Phi) is 3.77. The first-order valence-corrected chi connectivity index (χ1v) is 6.01. The fraction of sp³-hybridized carbons (Fsp3) is 0.286. The molecule has 0 bridgehead atoms. The SMILES string of the molecule is CCCCOc1cccc(N2C(=O)C=CC2=O)c1. The number of amides is 2. The molecule has 0 aromatic heterocycles. The van der Waals surface area contributed by atoms with Crippen molar-refractivity contribution in [2.75, 3.05) is 11.5 Å². The van der Waals surface area contributed by atoms with Gasteiger partial charge < -0.3 is 4.74 Å². The minimum atomic E-state index is -0.314. The van der Waals surface area contributed by atoms with Crippen LogP contribution in [0.15, 0.2) is 36.4 Å². The van der Waals surface area contributed by atoms with E-state index in [0.29, 0.717) is 18.0 Å². The van der Waals surface area contributed by atoms with Gasteiger partial charge >= 0.3 is 0 Å². The number of carbonyl (C=O) groups excluding carboxylic acids is 2. The van der Waals surface area contributed by atoms with Crippen LogP contribution < -0.4 is 9.64 Å². The molecule has 0 fully saturated rings. The Morgan fingerprint density at radius 2 is 1.89 bits per heavy atom. The van der Waals surface area contributed by atoms with E-state index in [1.54, 1.807) is 18.2 Å². The minimum absolute atomic E-state index is 0.314. The van der Waals surface area contributed by atoms with Gasteiger partial charge in [0.05, 0.1) is 12.3 Å². The lowest BCUT2D eigenvalue weighted by molar-refractivity contribution is -0.119. The lowest BCUT2D eigenvalue weighted by Gasteiger charge is -2.15. The van der Waals surface area contributed by atoms with Gasteiger partial charge in [0.25, 0.3) is 11.8 Å². The number of ether oxygens (including phenoxy) is 1. The van der Waals surface area contributed by atoms with Gasteiger partial charge in [-0.15, -0.1) is 0 Å². The molecule has 0 unspecified atom stereocenters. The average Bonchev–Trinajstić information content (AvgIpc) is 2.70. The zero-order valence-corrected chi connectivity index (χ0v) is 10.3. The third kappa shape index (κ3) is 2.59. The van der Waals surface area contributed by atoms with Gasteiger partial charge in [0.1, 0.15) is 5.75 Å². The van der Waals surface area contributed by atoms with Gasteiger partial charge in [-0.05, 0) is 18.6 Å². The van der Waals surface area contributed by atoms with Crippen LogP contribution in [0.4, 0.5) is 5.69 Å². The lowest BCUT2D eigenvalue weighted by Crippen LogP contribution is -2.29. The van der Waals surface area contributed by atoms with Crippen LogP contribution in [0.25, 0.3) is 0 Å². The van der Waals surface area contributed by atoms with Crippen molar-refractivity contribution in [2.24, 2.45) is 0 Å². The second-order valence-electron chi connectivity index (χ2n) is 4.04. The van der Waals surface area contributed by atoms with Crippen LogP contribution >= 0.6 is 0 Å². The molecule has 0 atom stereocenters. The number of unbranched alkanes of at least 4 members (excludes halogenated alkanes) is 1. The van der Waals surface area contributed by atoms with Crippen molar-refractivity contribution in [1.29, 1.82) is 0 Å². The van der Waals surface area contributed by atoms with Crippen LogP contribution in [0, 0.1) is 0 Å². The van der Waals surface area contributed by atoms with Crippen molar-refractivity contribution in [3.8, 4) is 5.75 Å². The normalized spacial score (nSPS) is 14.4. The highest BCUT2D eigenvalue weighted by Crippen LogP contribution is 2.24. The quantitative estimate of drug-likeness (QED) is 0.590. The van der Waals surface area contributed by atoms with Crippen LogP contribution in [0.3, 0.4) is 0 Å². The van der Waals surface area contributed by atoms with Gasteiger partial charge in [-0.25, -0.2) is 4.90 Å². The molecule has 2 amide bonds. The predicted molar refractivity (Wildman–Crippen MR) is 68.5 cm³/mol. The average molecular weight is 245 g/mol. The summed E-state index contributed by atoms with van der Waals surface area (Å²) in [6.07, 6.45) is 4.58. The van der Waals surface area contributed by atoms with Crippen LogP contribution in [-0.4, -0.2) is 18.4 Å². The molecular formula is C14H15NO3. The maximum Gasteiger partial charge on any atom is 0.258 e. The molecule has 2 rings (SSSR count). The van der Waals surface area contributed by atoms with Gasteiger partial charge in [0.15, 0.2) is 0 Å². The summed E-state index contributed by atoms with van der Waals surface area (Å²) in [5.74, 6) is 0.0462. The molecule has 0 spiro atoms. The van der Waals surface area contributed by atoms with E-state index >= 15 is 0 Å². The largest absolute Gasteiger partial charge is 0.494 e. The standard InChI is InChI=1S/C14H15NO3/c1-2-3-9-18-12-6-4-5-11(10-12)15-13(16)7-8-14(15)17/h4-8,10H,2-3,9H2,1H3. The Hall–Kier alpha value is -2.10. The molecule has 4 heteroatoms. The molecule has 18 heavy (non-hydrogen) atoms. The topological polar surface area (TPSA) is 46.6 Å². The minimum Gasteiger partial charge on any atom is -0.494 e. The predicted octanol–water partition coefficient (Wildman–Crippen LogP) is 2.29. The third-order valence-corrected chi connectivity index (χ3v) is 2.65. The van der Waals surface area contributed by atoms with E-state index < -0.39 is 0 Å². The maximum absolute atomic E-state index is 11.5. The van der Waals surface area contributed by atoms with E-state index in [1.165, 1.54) is 12.2 Å². The smallest absolute Gasteiger partial charge is 0.258 e. The van der Waals surface area contributed by atoms with Crippen molar-refractivity contribution in [3.05, 3.63) is 36.4 Å². The van der Waals surface area contributed by atoms with Crippen LogP contribution in [-0.2, 0) is 9.59 Å². The first-order valence-electron chi connectivity index (χ1n) is 6.01. The molecule has 4 nitrogen and oxygen atoms in total. The van der Waals surface area contributed by atoms with Crippen molar-refractivity contribution in [2.45, 2.75) is 19.8 Å². The van der Waals surface area contributed by atoms with Crippen molar-refractivity contribution in [1.82, 2.24) is 0 Å². The second-order valence-corrected chi connectivity index (χ2v) is 4.04. The van der Waals surface area contributed by atoms with Crippen molar-refractivity contribution in [3.63, 3.8) is 0 Å². The zero-order valence-electron chi connectivity index (χ0n) is 10.3. The molecule has 1 aromatic rings. The molecule has 0 saturated heterocycles. The molecule has 0 radical (unpaired) electrons. The second kappa shape index (κ2) is 5.49. The number of nitrogens with zero attached hydrogens (tertiary/aromatic N) is 1. The van der Waals surface area contributed by atoms with Crippen molar-refractivity contribution >= 4 is 17.5 Å². The molecular weight excluding hydrogens is 230 g/mol. The van der Waals surface area contributed by atoms with E-state index in [1.807, 2.05) is 6.07 Å². The Morgan fingerprint density at radius 3 is 2.56 bits per heavy atom. The van der Waals surface area contributed by atoms with E-state index in [-0.39, 0.29) is 11.8 Å². The summed E-state index contributed by atoms with van der Waals surface area (Å²) in [7, 11) is 0. The van der Waals surface area contributed by atoms with Gasteiger partial charge in [0.2, 0.25) is 0 Å². The Bertz CT molecular complexity index is 476. The summed E-state index contributed by atoms with van der Waals surface area (Å²) in [5, 5.41) is 0. The van der Waals surface area contributed by atoms with E-state index in [4.69, 9.17) is 4.74 Å². The number of rotatable bonds is 5. The molecule has 94 valence electrons. The number of benzene rings is 1. The first kappa shape index (κ1) is 12.4. The Balaban J connectivity index is 2.12. The Labute approximate surface area is 106 Å². The summed E-state index contributed by atoms with van der Waals surface area (Å²) in [4.78, 5) is 24.2. The number of carbonyl (C=O) groups is 2. The molecule has 0 saturated carbocycles. The molecule has 1 heterocycles. The highest BCUT2D eigenvalue weighted by atomic mass is 16.5. The molecule has 1 aromatic carbocycles. The lowest BCUT2D eigenvalue weighted by atomic mass is 10.2. The number of hydrogen-bond acceptors (Lipinski definition) is 3. The van der Waals surface area contributed by atoms with E-state index in [2.05, 4.69) is 6.92 Å². The zero-order chi connectivity index (χ0) is 13.0. The number of imide groups is 1. The molecule has 1 aliphatic heterocycles. The third-order valence-electron chi connectivity index (χ3n) is 2.65. The van der Waals surface area contributed by atoms with Gasteiger partial charge in [-0.1, -0.05) is 19.4 Å². The number of anilines is 1. The molecule has 0 aliphatic carbocycles. The summed E-state index contributed by atoms with van der Waals surface area (Å²) in [6.45, 7) is 2.73. The Morgan fingerprint density at radius 1 is 1.17 bits per heavy atom. The highest BCUT2D eigenvalue weighted by molar-refractivity contribution is 6.28. The fourth-order valence-corrected chi connectivity index (χ4v) is 1.70. The van der Waals surface area contributed by atoms with Gasteiger partial charge in [-0.2, -0.15) is 0 Å². The summed E-state index contributed by atoms with van der Waals surface area (Å²) >= 11 is 0. The summed E-state index contributed by atoms with van der Waals surface area (Å²) < 4.78 is 5.55. The van der Waals surface area contributed by atoms with Crippen LogP contribution in [0.5, 0.6) is 5.75 Å². The highest BCUT2D eigenvalue weighted by Gasteiger charge is 2.25. The monoisotopic (exact) mass is 245 g/mol. The summed E-state index contributed by atoms with van der Waals surface area (Å²) in [5.41, 5.74) is 0.545. The van der Waals surface area contributed by atoms with Crippen molar-refractivity contribution < 1.29 is 14.3 Å². The molecule has 0 N–H and O–H groups in total. The fourth-order valence-electron chi connectivity index (χ4n) is 1.70. The van der Waals surface area contributed by atoms with Gasteiger partial charge in [-0.3, -0.25) is 9.59 Å². The first-order chi connectivity index (χ1) is 8.72.